The predicted molar refractivity (Wildman–Crippen MR) is 70.7 cm³/mol. The zero-order valence-corrected chi connectivity index (χ0v) is 10.6. The summed E-state index contributed by atoms with van der Waals surface area (Å²) >= 11 is 0. The predicted octanol–water partition coefficient (Wildman–Crippen LogP) is 1.50. The molecular weight excluding hydrogens is 228 g/mol. The average Bonchev–Trinajstić information content (AvgIpc) is 2.41. The number of carboxylic acids is 1. The quantitative estimate of drug-likeness (QED) is 0.755. The molecule has 2 rings (SSSR count). The molecule has 3 N–H and O–H groups in total. The van der Waals surface area contributed by atoms with Crippen LogP contribution >= 0.6 is 0 Å². The first-order valence-electron chi connectivity index (χ1n) is 6.43. The number of aliphatic carboxylic acids is 1. The van der Waals surface area contributed by atoms with Gasteiger partial charge < -0.3 is 15.7 Å². The summed E-state index contributed by atoms with van der Waals surface area (Å²) in [5, 5.41) is 15.2. The van der Waals surface area contributed by atoms with Gasteiger partial charge in [0.15, 0.2) is 0 Å². The third-order valence-corrected chi connectivity index (χ3v) is 3.62. The van der Waals surface area contributed by atoms with Crippen molar-refractivity contribution >= 4 is 5.97 Å². The lowest BCUT2D eigenvalue weighted by Gasteiger charge is -2.23. The van der Waals surface area contributed by atoms with E-state index in [1.165, 1.54) is 5.56 Å². The van der Waals surface area contributed by atoms with E-state index in [2.05, 4.69) is 22.8 Å². The zero-order chi connectivity index (χ0) is 13.0. The highest BCUT2D eigenvalue weighted by atomic mass is 16.4. The van der Waals surface area contributed by atoms with Gasteiger partial charge in [0.25, 0.3) is 0 Å². The molecule has 0 bridgehead atoms. The van der Waals surface area contributed by atoms with E-state index in [9.17, 15) is 4.79 Å². The van der Waals surface area contributed by atoms with E-state index >= 15 is 0 Å². The van der Waals surface area contributed by atoms with E-state index < -0.39 is 12.0 Å². The Labute approximate surface area is 107 Å². The Kier molecular flexibility index (Phi) is 4.33. The van der Waals surface area contributed by atoms with Gasteiger partial charge in [-0.2, -0.15) is 0 Å². The van der Waals surface area contributed by atoms with E-state index in [1.807, 2.05) is 12.1 Å². The second kappa shape index (κ2) is 5.98. The molecule has 1 aliphatic heterocycles. The van der Waals surface area contributed by atoms with Crippen LogP contribution in [0, 0.1) is 0 Å². The Morgan fingerprint density at radius 3 is 2.44 bits per heavy atom. The Balaban J connectivity index is 2.11. The molecule has 1 aromatic rings. The lowest BCUT2D eigenvalue weighted by molar-refractivity contribution is -0.139. The van der Waals surface area contributed by atoms with Gasteiger partial charge in [0.2, 0.25) is 0 Å². The minimum absolute atomic E-state index is 0.609. The third kappa shape index (κ3) is 2.89. The SMILES string of the molecule is CNC(C(=O)O)c1ccc(C2CCNCC2)cc1. The van der Waals surface area contributed by atoms with Crippen LogP contribution in [0.4, 0.5) is 0 Å². The van der Waals surface area contributed by atoms with Gasteiger partial charge in [0, 0.05) is 0 Å². The normalized spacial score (nSPS) is 18.5. The highest BCUT2D eigenvalue weighted by Crippen LogP contribution is 2.26. The Bertz CT molecular complexity index is 397. The summed E-state index contributed by atoms with van der Waals surface area (Å²) < 4.78 is 0. The van der Waals surface area contributed by atoms with Gasteiger partial charge in [-0.3, -0.25) is 4.79 Å². The average molecular weight is 248 g/mol. The van der Waals surface area contributed by atoms with Crippen molar-refractivity contribution < 1.29 is 9.90 Å². The van der Waals surface area contributed by atoms with Crippen molar-refractivity contribution in [1.82, 2.24) is 10.6 Å². The molecule has 0 aliphatic carbocycles. The van der Waals surface area contributed by atoms with Crippen molar-refractivity contribution in [2.75, 3.05) is 20.1 Å². The highest BCUT2D eigenvalue weighted by molar-refractivity contribution is 5.75. The summed E-state index contributed by atoms with van der Waals surface area (Å²) in [6.45, 7) is 2.14. The summed E-state index contributed by atoms with van der Waals surface area (Å²) in [5.41, 5.74) is 2.13. The number of nitrogens with one attached hydrogen (secondary N) is 2. The van der Waals surface area contributed by atoms with Crippen LogP contribution in [0.15, 0.2) is 24.3 Å². The second-order valence-corrected chi connectivity index (χ2v) is 4.75. The fourth-order valence-corrected chi connectivity index (χ4v) is 2.55. The third-order valence-electron chi connectivity index (χ3n) is 3.62. The van der Waals surface area contributed by atoms with Crippen molar-refractivity contribution in [1.29, 1.82) is 0 Å². The van der Waals surface area contributed by atoms with E-state index in [0.29, 0.717) is 5.92 Å². The van der Waals surface area contributed by atoms with Crippen molar-refractivity contribution in [2.45, 2.75) is 24.8 Å². The van der Waals surface area contributed by atoms with Crippen LogP contribution in [-0.2, 0) is 4.79 Å². The summed E-state index contributed by atoms with van der Waals surface area (Å²) in [6, 6.07) is 7.36. The molecule has 1 atom stereocenters. The van der Waals surface area contributed by atoms with Crippen LogP contribution in [0.3, 0.4) is 0 Å². The molecular formula is C14H20N2O2. The second-order valence-electron chi connectivity index (χ2n) is 4.75. The van der Waals surface area contributed by atoms with Crippen LogP contribution in [0.2, 0.25) is 0 Å². The highest BCUT2D eigenvalue weighted by Gasteiger charge is 2.19. The Hall–Kier alpha value is -1.39. The van der Waals surface area contributed by atoms with Crippen LogP contribution in [0.1, 0.15) is 35.9 Å². The van der Waals surface area contributed by atoms with E-state index in [4.69, 9.17) is 5.11 Å². The summed E-state index contributed by atoms with van der Waals surface area (Å²) in [6.07, 6.45) is 2.32. The maximum absolute atomic E-state index is 11.0. The van der Waals surface area contributed by atoms with Crippen molar-refractivity contribution in [3.05, 3.63) is 35.4 Å². The molecule has 1 fully saturated rings. The zero-order valence-electron chi connectivity index (χ0n) is 10.6. The number of rotatable bonds is 4. The molecule has 1 aromatic carbocycles. The Morgan fingerprint density at radius 1 is 1.33 bits per heavy atom. The maximum atomic E-state index is 11.0. The fourth-order valence-electron chi connectivity index (χ4n) is 2.55. The van der Waals surface area contributed by atoms with Crippen molar-refractivity contribution in [3.63, 3.8) is 0 Å². The first-order valence-corrected chi connectivity index (χ1v) is 6.43. The first-order chi connectivity index (χ1) is 8.72. The van der Waals surface area contributed by atoms with Gasteiger partial charge in [-0.15, -0.1) is 0 Å². The van der Waals surface area contributed by atoms with E-state index in [0.717, 1.165) is 31.5 Å². The van der Waals surface area contributed by atoms with Gasteiger partial charge in [0.1, 0.15) is 6.04 Å². The molecule has 1 unspecified atom stereocenters. The van der Waals surface area contributed by atoms with Gasteiger partial charge >= 0.3 is 5.97 Å². The number of benzene rings is 1. The van der Waals surface area contributed by atoms with Crippen LogP contribution in [0.25, 0.3) is 0 Å². The number of likely N-dealkylation sites (N-methyl/N-ethyl adjacent to an activating group) is 1. The molecule has 4 heteroatoms. The molecule has 98 valence electrons. The largest absolute Gasteiger partial charge is 0.480 e. The van der Waals surface area contributed by atoms with Gasteiger partial charge in [-0.1, -0.05) is 24.3 Å². The van der Waals surface area contributed by atoms with Crippen molar-refractivity contribution in [3.8, 4) is 0 Å². The topological polar surface area (TPSA) is 61.4 Å². The summed E-state index contributed by atoms with van der Waals surface area (Å²) in [7, 11) is 1.67. The van der Waals surface area contributed by atoms with E-state index in [-0.39, 0.29) is 0 Å². The molecule has 1 aliphatic rings. The summed E-state index contributed by atoms with van der Waals surface area (Å²) in [5.74, 6) is -0.231. The number of carbonyl (C=O) groups is 1. The van der Waals surface area contributed by atoms with Crippen LogP contribution < -0.4 is 10.6 Å². The molecule has 0 radical (unpaired) electrons. The van der Waals surface area contributed by atoms with E-state index in [1.54, 1.807) is 7.05 Å². The number of carboxylic acid groups (broad SMARTS) is 1. The smallest absolute Gasteiger partial charge is 0.325 e. The van der Waals surface area contributed by atoms with Crippen LogP contribution in [-0.4, -0.2) is 31.2 Å². The summed E-state index contributed by atoms with van der Waals surface area (Å²) in [4.78, 5) is 11.0. The Morgan fingerprint density at radius 2 is 1.94 bits per heavy atom. The minimum atomic E-state index is -0.841. The fraction of sp³-hybridized carbons (Fsp3) is 0.500. The van der Waals surface area contributed by atoms with Gasteiger partial charge in [-0.25, -0.2) is 0 Å². The van der Waals surface area contributed by atoms with Gasteiger partial charge in [0.05, 0.1) is 0 Å². The molecule has 18 heavy (non-hydrogen) atoms. The molecule has 0 spiro atoms. The number of hydrogen-bond acceptors (Lipinski definition) is 3. The lowest BCUT2D eigenvalue weighted by Crippen LogP contribution is -2.27. The van der Waals surface area contributed by atoms with Crippen molar-refractivity contribution in [2.24, 2.45) is 0 Å². The molecule has 0 aromatic heterocycles. The number of hydrogen-bond donors (Lipinski definition) is 3. The molecule has 0 saturated carbocycles. The van der Waals surface area contributed by atoms with Crippen LogP contribution in [0.5, 0.6) is 0 Å². The monoisotopic (exact) mass is 248 g/mol. The minimum Gasteiger partial charge on any atom is -0.480 e. The first kappa shape index (κ1) is 13.1. The molecule has 1 saturated heterocycles. The number of piperidine rings is 1. The maximum Gasteiger partial charge on any atom is 0.325 e. The molecule has 1 heterocycles. The molecule has 4 nitrogen and oxygen atoms in total. The molecule has 0 amide bonds. The lowest BCUT2D eigenvalue weighted by atomic mass is 9.89. The standard InChI is InChI=1S/C14H20N2O2/c1-15-13(14(17)18)12-4-2-10(3-5-12)11-6-8-16-9-7-11/h2-5,11,13,15-16H,6-9H2,1H3,(H,17,18). The van der Waals surface area contributed by atoms with Gasteiger partial charge in [-0.05, 0) is 50.0 Å².